The number of hydrogen-bond donors (Lipinski definition) is 2. The van der Waals surface area contributed by atoms with Crippen molar-refractivity contribution in [2.24, 2.45) is 23.7 Å². The molecule has 0 N–H and O–H groups in total. The smallest absolute Gasteiger partial charge is 0.244 e. The molecule has 0 aliphatic heterocycles. The van der Waals surface area contributed by atoms with Crippen LogP contribution in [0, 0.1) is 23.7 Å². The minimum atomic E-state index is -2.28. The SMILES string of the molecule is CC(C)CCOP(=S)(S)OCCC(C)C.CC(C)CCOP(=S)(S)OCCC(C)C.[Na]. The fourth-order valence-electron chi connectivity index (χ4n) is 1.69. The van der Waals surface area contributed by atoms with Gasteiger partial charge >= 0.3 is 0 Å². The summed E-state index contributed by atoms with van der Waals surface area (Å²) in [7, 11) is 0. The van der Waals surface area contributed by atoms with E-state index < -0.39 is 11.4 Å². The Bertz CT molecular complexity index is 430. The van der Waals surface area contributed by atoms with Crippen molar-refractivity contribution in [2.45, 2.75) is 81.1 Å². The Labute approximate surface area is 236 Å². The van der Waals surface area contributed by atoms with Crippen LogP contribution in [-0.2, 0) is 41.7 Å². The zero-order valence-electron chi connectivity index (χ0n) is 21.2. The Morgan fingerprint density at radius 3 is 0.806 bits per heavy atom. The largest absolute Gasteiger partial charge is 0.322 e. The average molecular weight is 564 g/mol. The molecular formula is C20H46NaO4P2S4. The van der Waals surface area contributed by atoms with Crippen molar-refractivity contribution >= 4 is 89.1 Å². The van der Waals surface area contributed by atoms with Gasteiger partial charge in [-0.2, -0.15) is 0 Å². The summed E-state index contributed by atoms with van der Waals surface area (Å²) in [5, 5.41) is 0. The first-order valence-electron chi connectivity index (χ1n) is 10.9. The van der Waals surface area contributed by atoms with Crippen molar-refractivity contribution < 1.29 is 18.1 Å². The van der Waals surface area contributed by atoms with Crippen LogP contribution in [-0.4, -0.2) is 56.0 Å². The Morgan fingerprint density at radius 1 is 0.516 bits per heavy atom. The summed E-state index contributed by atoms with van der Waals surface area (Å²) in [4.78, 5) is 0. The van der Waals surface area contributed by atoms with Gasteiger partial charge in [0.1, 0.15) is 0 Å². The van der Waals surface area contributed by atoms with Gasteiger partial charge in [-0.1, -0.05) is 79.9 Å². The fraction of sp³-hybridized carbons (Fsp3) is 1.00. The Balaban J connectivity index is -0.000000490. The molecule has 0 amide bonds. The molecule has 0 rings (SSSR count). The van der Waals surface area contributed by atoms with Gasteiger partial charge in [-0.15, -0.1) is 0 Å². The van der Waals surface area contributed by atoms with Crippen LogP contribution in [0.3, 0.4) is 0 Å². The van der Waals surface area contributed by atoms with Gasteiger partial charge in [-0.3, -0.25) is 0 Å². The van der Waals surface area contributed by atoms with Gasteiger partial charge in [0, 0.05) is 29.6 Å². The van der Waals surface area contributed by atoms with Crippen molar-refractivity contribution in [1.29, 1.82) is 0 Å². The van der Waals surface area contributed by atoms with E-state index in [0.29, 0.717) is 50.1 Å². The van der Waals surface area contributed by atoms with E-state index >= 15 is 0 Å². The van der Waals surface area contributed by atoms with E-state index in [1.165, 1.54) is 0 Å². The van der Waals surface area contributed by atoms with Gasteiger partial charge in [0.25, 0.3) is 0 Å². The summed E-state index contributed by atoms with van der Waals surface area (Å²) >= 11 is 18.9. The van der Waals surface area contributed by atoms with Crippen LogP contribution in [0.4, 0.5) is 0 Å². The minimum absolute atomic E-state index is 0. The molecule has 0 aliphatic rings. The number of rotatable bonds is 16. The first-order valence-corrected chi connectivity index (χ1v) is 18.5. The van der Waals surface area contributed by atoms with E-state index in [1.54, 1.807) is 0 Å². The van der Waals surface area contributed by atoms with E-state index in [-0.39, 0.29) is 29.6 Å². The third-order valence-electron chi connectivity index (χ3n) is 3.80. The normalized spacial score (nSPS) is 12.3. The molecule has 185 valence electrons. The van der Waals surface area contributed by atoms with E-state index in [9.17, 15) is 0 Å². The average Bonchev–Trinajstić information content (AvgIpc) is 2.53. The molecule has 0 aliphatic carbocycles. The zero-order valence-corrected chi connectivity index (χ0v) is 28.4. The second-order valence-corrected chi connectivity index (χ2v) is 19.6. The van der Waals surface area contributed by atoms with Crippen LogP contribution in [0.25, 0.3) is 0 Å². The molecule has 0 heterocycles. The third kappa shape index (κ3) is 32.8. The topological polar surface area (TPSA) is 36.9 Å². The summed E-state index contributed by atoms with van der Waals surface area (Å²) in [6, 6.07) is 0. The maximum Gasteiger partial charge on any atom is 0.244 e. The molecule has 0 aromatic rings. The molecule has 0 saturated heterocycles. The molecule has 0 saturated carbocycles. The second-order valence-electron chi connectivity index (χ2n) is 9.00. The van der Waals surface area contributed by atoms with Crippen LogP contribution >= 0.6 is 35.9 Å². The minimum Gasteiger partial charge on any atom is -0.322 e. The maximum absolute atomic E-state index is 5.49. The van der Waals surface area contributed by atoms with Crippen LogP contribution < -0.4 is 0 Å². The Kier molecular flexibility index (Phi) is 27.3. The van der Waals surface area contributed by atoms with Crippen molar-refractivity contribution in [1.82, 2.24) is 0 Å². The van der Waals surface area contributed by atoms with Crippen molar-refractivity contribution in [3.8, 4) is 0 Å². The van der Waals surface area contributed by atoms with Crippen molar-refractivity contribution in [3.05, 3.63) is 0 Å². The fourth-order valence-corrected chi connectivity index (χ4v) is 5.06. The molecule has 0 spiro atoms. The second kappa shape index (κ2) is 22.1. The summed E-state index contributed by atoms with van der Waals surface area (Å²) in [6.45, 7) is 19.9. The van der Waals surface area contributed by atoms with Gasteiger partial charge in [-0.25, -0.2) is 0 Å². The molecule has 0 aromatic heterocycles. The molecule has 31 heavy (non-hydrogen) atoms. The molecule has 0 unspecified atom stereocenters. The zero-order chi connectivity index (χ0) is 23.8. The quantitative estimate of drug-likeness (QED) is 0.112. The van der Waals surface area contributed by atoms with Crippen molar-refractivity contribution in [3.63, 3.8) is 0 Å². The summed E-state index contributed by atoms with van der Waals surface area (Å²) in [6.07, 6.45) is 4.03. The Morgan fingerprint density at radius 2 is 0.677 bits per heavy atom. The van der Waals surface area contributed by atoms with E-state index in [1.807, 2.05) is 0 Å². The van der Waals surface area contributed by atoms with Crippen molar-refractivity contribution in [2.75, 3.05) is 26.4 Å². The summed E-state index contributed by atoms with van der Waals surface area (Å²) in [5.74, 6) is 2.51. The van der Waals surface area contributed by atoms with Gasteiger partial charge in [0.05, 0.1) is 26.4 Å². The molecule has 0 aromatic carbocycles. The molecule has 0 fully saturated rings. The third-order valence-corrected chi connectivity index (χ3v) is 8.48. The molecule has 4 nitrogen and oxygen atoms in total. The van der Waals surface area contributed by atoms with Gasteiger partial charge < -0.3 is 18.1 Å². The molecule has 1 radical (unpaired) electrons. The maximum atomic E-state index is 5.49. The van der Waals surface area contributed by atoms with Crippen LogP contribution in [0.1, 0.15) is 81.1 Å². The van der Waals surface area contributed by atoms with Gasteiger partial charge in [0.15, 0.2) is 0 Å². The van der Waals surface area contributed by atoms with E-state index in [2.05, 4.69) is 79.9 Å². The van der Waals surface area contributed by atoms with Crippen LogP contribution in [0.15, 0.2) is 0 Å². The number of thiol groups is 2. The van der Waals surface area contributed by atoms with E-state index in [4.69, 9.17) is 41.7 Å². The van der Waals surface area contributed by atoms with Crippen LogP contribution in [0.2, 0.25) is 0 Å². The predicted molar refractivity (Wildman–Crippen MR) is 154 cm³/mol. The van der Waals surface area contributed by atoms with Gasteiger partial charge in [0.2, 0.25) is 11.4 Å². The first kappa shape index (κ1) is 38.4. The summed E-state index contributed by atoms with van der Waals surface area (Å²) in [5.41, 5.74) is -4.55. The van der Waals surface area contributed by atoms with Crippen LogP contribution in [0.5, 0.6) is 0 Å². The monoisotopic (exact) mass is 563 g/mol. The molecule has 0 bridgehead atoms. The summed E-state index contributed by atoms with van der Waals surface area (Å²) < 4.78 is 22.0. The predicted octanol–water partition coefficient (Wildman–Crippen LogP) is 8.15. The first-order chi connectivity index (χ1) is 13.7. The molecule has 0 atom stereocenters. The number of hydrogen-bond acceptors (Lipinski definition) is 6. The Hall–Kier alpha value is 2.84. The molecule has 11 heteroatoms. The van der Waals surface area contributed by atoms with Gasteiger partial charge in [-0.05, 0) is 73.0 Å². The standard InChI is InChI=1S/2C10H23O2PS2.Na/c2*1-9(2)5-7-11-13(14,15)12-8-6-10(3)4;/h2*9-10H,5-8H2,1-4H3,(H,14,15);. The van der Waals surface area contributed by atoms with E-state index in [0.717, 1.165) is 25.7 Å². The molecular weight excluding hydrogens is 517 g/mol.